The molecule has 0 N–H and O–H groups in total. The van der Waals surface area contributed by atoms with Crippen LogP contribution in [0.3, 0.4) is 0 Å². The fraction of sp³-hybridized carbons (Fsp3) is 0.310. The second kappa shape index (κ2) is 9.16. The van der Waals surface area contributed by atoms with Gasteiger partial charge in [0.15, 0.2) is 11.5 Å². The number of likely N-dealkylation sites (tertiary alicyclic amines) is 1. The van der Waals surface area contributed by atoms with Crippen LogP contribution in [0.15, 0.2) is 85.2 Å². The lowest BCUT2D eigenvalue weighted by Gasteiger charge is -2.37. The van der Waals surface area contributed by atoms with Crippen molar-refractivity contribution >= 4 is 10.8 Å². The summed E-state index contributed by atoms with van der Waals surface area (Å²) in [4.78, 5) is 2.54. The van der Waals surface area contributed by atoms with E-state index in [1.54, 1.807) is 0 Å². The number of fused-ring (bicyclic) bond motifs is 2. The van der Waals surface area contributed by atoms with Crippen molar-refractivity contribution in [3.63, 3.8) is 0 Å². The van der Waals surface area contributed by atoms with Gasteiger partial charge >= 0.3 is 0 Å². The van der Waals surface area contributed by atoms with Crippen molar-refractivity contribution in [1.29, 1.82) is 0 Å². The maximum atomic E-state index is 6.73. The predicted molar refractivity (Wildman–Crippen MR) is 133 cm³/mol. The minimum atomic E-state index is -0.0301. The second-order valence-electron chi connectivity index (χ2n) is 9.24. The zero-order chi connectivity index (χ0) is 22.9. The molecule has 0 saturated carbocycles. The molecule has 1 aromatic heterocycles. The molecule has 0 radical (unpaired) electrons. The van der Waals surface area contributed by atoms with E-state index < -0.39 is 0 Å². The summed E-state index contributed by atoms with van der Waals surface area (Å²) in [5.41, 5.74) is 2.42. The Morgan fingerprint density at radius 2 is 1.32 bits per heavy atom. The monoisotopic (exact) mass is 454 g/mol. The SMILES string of the molecule is CC(N1CCC(OC(c2ccccc2)c2ccccc2)CC1)n1cc2cc3c(cc2c1)OCO3. The maximum Gasteiger partial charge on any atom is 0.231 e. The first-order chi connectivity index (χ1) is 16.7. The van der Waals surface area contributed by atoms with Crippen molar-refractivity contribution in [2.24, 2.45) is 0 Å². The van der Waals surface area contributed by atoms with Crippen LogP contribution in [0, 0.1) is 0 Å². The van der Waals surface area contributed by atoms with Gasteiger partial charge in [-0.25, -0.2) is 0 Å². The minimum Gasteiger partial charge on any atom is -0.454 e. The standard InChI is InChI=1S/C29H30N2O3/c1-21(31-18-24-16-27-28(33-20-32-27)17-25(24)19-31)30-14-12-26(13-15-30)34-29(22-8-4-2-5-9-22)23-10-6-3-7-11-23/h2-11,16-19,21,26,29H,12-15,20H2,1H3. The molecule has 2 aliphatic heterocycles. The van der Waals surface area contributed by atoms with Gasteiger partial charge in [0.1, 0.15) is 6.10 Å². The molecule has 174 valence electrons. The first-order valence-electron chi connectivity index (χ1n) is 12.1. The first-order valence-corrected chi connectivity index (χ1v) is 12.1. The minimum absolute atomic E-state index is 0.0301. The molecular formula is C29H30N2O3. The number of hydrogen-bond acceptors (Lipinski definition) is 4. The van der Waals surface area contributed by atoms with E-state index in [-0.39, 0.29) is 18.4 Å². The summed E-state index contributed by atoms with van der Waals surface area (Å²) in [6.07, 6.45) is 6.97. The zero-order valence-corrected chi connectivity index (χ0v) is 19.5. The molecule has 1 fully saturated rings. The normalized spacial score (nSPS) is 17.5. The summed E-state index contributed by atoms with van der Waals surface area (Å²) in [6, 6.07) is 25.3. The third-order valence-electron chi connectivity index (χ3n) is 7.12. The quantitative estimate of drug-likeness (QED) is 0.350. The van der Waals surface area contributed by atoms with Crippen LogP contribution in [-0.4, -0.2) is 35.5 Å². The molecule has 0 amide bonds. The van der Waals surface area contributed by atoms with Gasteiger partial charge in [-0.15, -0.1) is 0 Å². The third-order valence-corrected chi connectivity index (χ3v) is 7.12. The Hall–Kier alpha value is -3.28. The van der Waals surface area contributed by atoms with E-state index in [1.807, 2.05) is 0 Å². The molecule has 34 heavy (non-hydrogen) atoms. The van der Waals surface area contributed by atoms with E-state index >= 15 is 0 Å². The van der Waals surface area contributed by atoms with E-state index in [4.69, 9.17) is 14.2 Å². The Balaban J connectivity index is 1.13. The fourth-order valence-electron chi connectivity index (χ4n) is 5.14. The lowest BCUT2D eigenvalue weighted by molar-refractivity contribution is -0.0379. The summed E-state index contributed by atoms with van der Waals surface area (Å²) >= 11 is 0. The Labute approximate surface area is 200 Å². The van der Waals surface area contributed by atoms with Crippen molar-refractivity contribution in [2.75, 3.05) is 19.9 Å². The highest BCUT2D eigenvalue weighted by molar-refractivity contribution is 5.86. The number of aromatic nitrogens is 1. The molecule has 1 atom stereocenters. The van der Waals surface area contributed by atoms with Crippen LogP contribution in [0.5, 0.6) is 11.5 Å². The zero-order valence-electron chi connectivity index (χ0n) is 19.5. The molecule has 3 aromatic carbocycles. The molecule has 1 saturated heterocycles. The van der Waals surface area contributed by atoms with Gasteiger partial charge < -0.3 is 18.8 Å². The van der Waals surface area contributed by atoms with E-state index in [0.717, 1.165) is 37.4 Å². The molecule has 3 heterocycles. The van der Waals surface area contributed by atoms with Crippen LogP contribution in [0.4, 0.5) is 0 Å². The van der Waals surface area contributed by atoms with Gasteiger partial charge in [0.25, 0.3) is 0 Å². The highest BCUT2D eigenvalue weighted by atomic mass is 16.7. The first kappa shape index (κ1) is 21.3. The molecule has 2 aliphatic rings. The van der Waals surface area contributed by atoms with Gasteiger partial charge in [-0.1, -0.05) is 60.7 Å². The number of rotatable bonds is 6. The van der Waals surface area contributed by atoms with Crippen LogP contribution >= 0.6 is 0 Å². The molecule has 5 heteroatoms. The van der Waals surface area contributed by atoms with E-state index in [0.29, 0.717) is 6.79 Å². The molecular weight excluding hydrogens is 424 g/mol. The summed E-state index contributed by atoms with van der Waals surface area (Å²) in [5, 5.41) is 2.37. The topological polar surface area (TPSA) is 35.9 Å². The third kappa shape index (κ3) is 4.17. The summed E-state index contributed by atoms with van der Waals surface area (Å²) < 4.78 is 20.1. The van der Waals surface area contributed by atoms with Gasteiger partial charge in [-0.3, -0.25) is 4.90 Å². The van der Waals surface area contributed by atoms with Crippen LogP contribution in [-0.2, 0) is 4.74 Å². The maximum absolute atomic E-state index is 6.73. The summed E-state index contributed by atoms with van der Waals surface area (Å²) in [7, 11) is 0. The van der Waals surface area contributed by atoms with Crippen molar-refractivity contribution in [3.05, 3.63) is 96.3 Å². The Morgan fingerprint density at radius 3 is 1.85 bits per heavy atom. The number of benzene rings is 3. The van der Waals surface area contributed by atoms with Crippen molar-refractivity contribution in [1.82, 2.24) is 9.47 Å². The van der Waals surface area contributed by atoms with Crippen LogP contribution in [0.25, 0.3) is 10.8 Å². The average molecular weight is 455 g/mol. The smallest absolute Gasteiger partial charge is 0.231 e. The van der Waals surface area contributed by atoms with Gasteiger partial charge in [0.05, 0.1) is 12.3 Å². The molecule has 0 aliphatic carbocycles. The number of nitrogens with zero attached hydrogens (tertiary/aromatic N) is 2. The summed E-state index contributed by atoms with van der Waals surface area (Å²) in [5.74, 6) is 1.67. The second-order valence-corrected chi connectivity index (χ2v) is 9.24. The Kier molecular flexibility index (Phi) is 5.73. The van der Waals surface area contributed by atoms with E-state index in [2.05, 4.69) is 102 Å². The highest BCUT2D eigenvalue weighted by Crippen LogP contribution is 2.37. The number of piperidine rings is 1. The lowest BCUT2D eigenvalue weighted by atomic mass is 10.00. The molecule has 5 nitrogen and oxygen atoms in total. The highest BCUT2D eigenvalue weighted by Gasteiger charge is 2.27. The number of hydrogen-bond donors (Lipinski definition) is 0. The predicted octanol–water partition coefficient (Wildman–Crippen LogP) is 6.16. The average Bonchev–Trinajstić information content (AvgIpc) is 3.53. The van der Waals surface area contributed by atoms with Crippen LogP contribution in [0.1, 0.15) is 43.2 Å². The molecule has 6 rings (SSSR count). The van der Waals surface area contributed by atoms with Gasteiger partial charge in [0, 0.05) is 36.3 Å². The van der Waals surface area contributed by atoms with Crippen molar-refractivity contribution < 1.29 is 14.2 Å². The van der Waals surface area contributed by atoms with Crippen molar-refractivity contribution in [3.8, 4) is 11.5 Å². The van der Waals surface area contributed by atoms with E-state index in [1.165, 1.54) is 21.9 Å². The lowest BCUT2D eigenvalue weighted by Crippen LogP contribution is -2.40. The summed E-state index contributed by atoms with van der Waals surface area (Å²) in [6.45, 7) is 4.61. The molecule has 0 spiro atoms. The van der Waals surface area contributed by atoms with Crippen molar-refractivity contribution in [2.45, 2.75) is 38.1 Å². The molecule has 1 unspecified atom stereocenters. The van der Waals surface area contributed by atoms with Gasteiger partial charge in [0.2, 0.25) is 6.79 Å². The Morgan fingerprint density at radius 1 is 0.794 bits per heavy atom. The van der Waals surface area contributed by atoms with Gasteiger partial charge in [-0.05, 0) is 43.0 Å². The van der Waals surface area contributed by atoms with E-state index in [9.17, 15) is 0 Å². The molecule has 4 aromatic rings. The fourth-order valence-corrected chi connectivity index (χ4v) is 5.14. The van der Waals surface area contributed by atoms with Gasteiger partial charge in [-0.2, -0.15) is 0 Å². The van der Waals surface area contributed by atoms with Crippen LogP contribution in [0.2, 0.25) is 0 Å². The molecule has 0 bridgehead atoms. The Bertz CT molecular complexity index is 1170. The number of ether oxygens (including phenoxy) is 3. The largest absolute Gasteiger partial charge is 0.454 e. The van der Waals surface area contributed by atoms with Crippen LogP contribution < -0.4 is 9.47 Å².